The van der Waals surface area contributed by atoms with Gasteiger partial charge in [-0.3, -0.25) is 14.4 Å². The van der Waals surface area contributed by atoms with Gasteiger partial charge in [0.1, 0.15) is 12.7 Å². The van der Waals surface area contributed by atoms with E-state index in [2.05, 4.69) is 6.58 Å². The summed E-state index contributed by atoms with van der Waals surface area (Å²) < 4.78 is 22.6. The Labute approximate surface area is 207 Å². The molecule has 0 bridgehead atoms. The molecule has 2 N–H and O–H groups in total. The van der Waals surface area contributed by atoms with Gasteiger partial charge in [0.05, 0.1) is 29.4 Å². The smallest absolute Gasteiger partial charge is 0.332 e. The van der Waals surface area contributed by atoms with E-state index in [1.807, 2.05) is 0 Å². The molecule has 0 aromatic carbocycles. The van der Waals surface area contributed by atoms with Gasteiger partial charge in [-0.05, 0) is 26.3 Å². The number of fused-ring (bicyclic) bond motifs is 4. The van der Waals surface area contributed by atoms with Crippen molar-refractivity contribution >= 4 is 35.3 Å². The number of alkyl halides is 1. The summed E-state index contributed by atoms with van der Waals surface area (Å²) in [6.07, 6.45) is -0.894. The number of hydrogen-bond acceptors (Lipinski definition) is 10. The maximum Gasteiger partial charge on any atom is 0.332 e. The molecule has 4 rings (SSSR count). The second kappa shape index (κ2) is 8.40. The zero-order valence-corrected chi connectivity index (χ0v) is 20.6. The highest BCUT2D eigenvalue weighted by Crippen LogP contribution is 2.59. The highest BCUT2D eigenvalue weighted by atomic mass is 35.5. The van der Waals surface area contributed by atoms with Crippen LogP contribution in [0.25, 0.3) is 0 Å². The van der Waals surface area contributed by atoms with Gasteiger partial charge in [-0.2, -0.15) is 0 Å². The zero-order chi connectivity index (χ0) is 26.1. The molecule has 4 aliphatic rings. The SMILES string of the molecule is C=C1CC2OC2C2(C)C=CC(=O)C(C)(OC(C)=O)C2C(OC(=O)CO)C2(O)C(C)C(=O)OC2C1Cl. The molecule has 0 radical (unpaired) electrons. The van der Waals surface area contributed by atoms with Gasteiger partial charge in [0.25, 0.3) is 0 Å². The van der Waals surface area contributed by atoms with E-state index in [-0.39, 0.29) is 12.5 Å². The maximum absolute atomic E-state index is 13.3. The van der Waals surface area contributed by atoms with E-state index >= 15 is 0 Å². The Morgan fingerprint density at radius 2 is 1.94 bits per heavy atom. The maximum atomic E-state index is 13.3. The minimum atomic E-state index is -2.28. The van der Waals surface area contributed by atoms with Crippen LogP contribution in [0, 0.1) is 17.3 Å². The van der Waals surface area contributed by atoms with Crippen LogP contribution < -0.4 is 0 Å². The number of ether oxygens (including phenoxy) is 4. The molecule has 11 heteroatoms. The van der Waals surface area contributed by atoms with Crippen LogP contribution in [-0.2, 0) is 38.1 Å². The molecule has 0 aromatic rings. The summed E-state index contributed by atoms with van der Waals surface area (Å²) in [6.45, 7) is 8.56. The second-order valence-electron chi connectivity index (χ2n) is 10.1. The fourth-order valence-corrected chi connectivity index (χ4v) is 6.41. The number of halogens is 1. The van der Waals surface area contributed by atoms with Crippen molar-refractivity contribution in [1.82, 2.24) is 0 Å². The number of ketones is 1. The summed E-state index contributed by atoms with van der Waals surface area (Å²) in [7, 11) is 0. The summed E-state index contributed by atoms with van der Waals surface area (Å²) in [4.78, 5) is 50.7. The van der Waals surface area contributed by atoms with Crippen molar-refractivity contribution in [1.29, 1.82) is 0 Å². The lowest BCUT2D eigenvalue weighted by Crippen LogP contribution is -2.69. The van der Waals surface area contributed by atoms with Crippen LogP contribution in [0.15, 0.2) is 24.3 Å². The average Bonchev–Trinajstić information content (AvgIpc) is 3.52. The molecule has 35 heavy (non-hydrogen) atoms. The molecule has 10 atom stereocenters. The molecule has 1 saturated carbocycles. The normalized spacial score (nSPS) is 46.6. The number of carbonyl (C=O) groups excluding carboxylic acids is 4. The summed E-state index contributed by atoms with van der Waals surface area (Å²) in [6, 6.07) is 0. The third kappa shape index (κ3) is 3.73. The molecule has 2 heterocycles. The molecule has 10 unspecified atom stereocenters. The summed E-state index contributed by atoms with van der Waals surface area (Å²) in [5.41, 5.74) is -4.90. The van der Waals surface area contributed by atoms with E-state index in [0.717, 1.165) is 6.92 Å². The van der Waals surface area contributed by atoms with Crippen molar-refractivity contribution in [2.24, 2.45) is 17.3 Å². The Bertz CT molecular complexity index is 1020. The molecule has 0 amide bonds. The van der Waals surface area contributed by atoms with Gasteiger partial charge < -0.3 is 29.2 Å². The number of aliphatic hydroxyl groups is 2. The van der Waals surface area contributed by atoms with E-state index in [0.29, 0.717) is 5.57 Å². The molecule has 0 aromatic heterocycles. The van der Waals surface area contributed by atoms with Gasteiger partial charge in [0.2, 0.25) is 0 Å². The van der Waals surface area contributed by atoms with Gasteiger partial charge in [0.15, 0.2) is 23.1 Å². The third-order valence-corrected chi connectivity index (χ3v) is 8.45. The Balaban J connectivity index is 2.02. The van der Waals surface area contributed by atoms with Crippen LogP contribution in [-0.4, -0.2) is 81.5 Å². The van der Waals surface area contributed by atoms with Gasteiger partial charge >= 0.3 is 17.9 Å². The van der Waals surface area contributed by atoms with Crippen LogP contribution >= 0.6 is 11.6 Å². The van der Waals surface area contributed by atoms with Gasteiger partial charge in [-0.15, -0.1) is 11.6 Å². The summed E-state index contributed by atoms with van der Waals surface area (Å²) >= 11 is 6.66. The Morgan fingerprint density at radius 1 is 1.29 bits per heavy atom. The lowest BCUT2D eigenvalue weighted by Gasteiger charge is -2.53. The monoisotopic (exact) mass is 512 g/mol. The second-order valence-corrected chi connectivity index (χ2v) is 10.6. The van der Waals surface area contributed by atoms with Crippen molar-refractivity contribution in [3.63, 3.8) is 0 Å². The average molecular weight is 513 g/mol. The van der Waals surface area contributed by atoms with Crippen LogP contribution in [0.4, 0.5) is 0 Å². The van der Waals surface area contributed by atoms with Crippen molar-refractivity contribution in [2.75, 3.05) is 6.61 Å². The fourth-order valence-electron chi connectivity index (χ4n) is 6.07. The predicted octanol–water partition coefficient (Wildman–Crippen LogP) is 0.601. The van der Waals surface area contributed by atoms with Crippen molar-refractivity contribution < 1.29 is 48.3 Å². The molecular weight excluding hydrogens is 484 g/mol. The van der Waals surface area contributed by atoms with Crippen LogP contribution in [0.1, 0.15) is 34.1 Å². The van der Waals surface area contributed by atoms with Crippen molar-refractivity contribution in [3.8, 4) is 0 Å². The number of rotatable bonds is 3. The van der Waals surface area contributed by atoms with E-state index < -0.39 is 82.4 Å². The highest BCUT2D eigenvalue weighted by molar-refractivity contribution is 6.23. The Hall–Kier alpha value is -2.27. The topological polar surface area (TPSA) is 149 Å². The third-order valence-electron chi connectivity index (χ3n) is 7.91. The molecule has 2 aliphatic carbocycles. The van der Waals surface area contributed by atoms with E-state index in [4.69, 9.17) is 30.5 Å². The fraction of sp³-hybridized carbons (Fsp3) is 0.667. The van der Waals surface area contributed by atoms with Crippen LogP contribution in [0.2, 0.25) is 0 Å². The first-order valence-electron chi connectivity index (χ1n) is 11.4. The molecule has 192 valence electrons. The van der Waals surface area contributed by atoms with Gasteiger partial charge in [-0.1, -0.05) is 25.2 Å². The first-order chi connectivity index (χ1) is 16.2. The van der Waals surface area contributed by atoms with Crippen LogP contribution in [0.3, 0.4) is 0 Å². The van der Waals surface area contributed by atoms with E-state index in [9.17, 15) is 29.4 Å². The quantitative estimate of drug-likeness (QED) is 0.181. The highest BCUT2D eigenvalue weighted by Gasteiger charge is 2.73. The number of esters is 3. The van der Waals surface area contributed by atoms with Gasteiger partial charge in [0, 0.05) is 12.3 Å². The number of aliphatic hydroxyl groups excluding tert-OH is 1. The molecule has 2 saturated heterocycles. The lowest BCUT2D eigenvalue weighted by atomic mass is 9.55. The van der Waals surface area contributed by atoms with E-state index in [1.54, 1.807) is 13.0 Å². The molecule has 3 fully saturated rings. The molecule has 2 aliphatic heterocycles. The van der Waals surface area contributed by atoms with Gasteiger partial charge in [-0.25, -0.2) is 4.79 Å². The number of carbonyl (C=O) groups is 4. The Morgan fingerprint density at radius 3 is 2.54 bits per heavy atom. The number of hydrogen-bond donors (Lipinski definition) is 2. The summed E-state index contributed by atoms with van der Waals surface area (Å²) in [5.74, 6) is -5.83. The lowest BCUT2D eigenvalue weighted by molar-refractivity contribution is -0.226. The zero-order valence-electron chi connectivity index (χ0n) is 19.9. The molecule has 10 nitrogen and oxygen atoms in total. The van der Waals surface area contributed by atoms with E-state index in [1.165, 1.54) is 19.9 Å². The minimum absolute atomic E-state index is 0.285. The first kappa shape index (κ1) is 25.8. The standard InChI is InChI=1S/C24H29ClO10/c1-10-8-13-18(32-13)22(4)7-6-14(28)23(5,35-12(3)27)17(22)20(33-15(29)9-26)24(31)11(2)21(30)34-19(24)16(10)25/h6-7,11,13,16-20,26,31H,1,8-9H2,2-5H3. The van der Waals surface area contributed by atoms with Crippen molar-refractivity contribution in [2.45, 2.75) is 75.1 Å². The first-order valence-corrected chi connectivity index (χ1v) is 11.8. The van der Waals surface area contributed by atoms with Crippen molar-refractivity contribution in [3.05, 3.63) is 24.3 Å². The summed E-state index contributed by atoms with van der Waals surface area (Å²) in [5, 5.41) is 20.6. The largest absolute Gasteiger partial charge is 0.457 e. The van der Waals surface area contributed by atoms with Crippen LogP contribution in [0.5, 0.6) is 0 Å². The predicted molar refractivity (Wildman–Crippen MR) is 119 cm³/mol. The Kier molecular flexibility index (Phi) is 6.19. The minimum Gasteiger partial charge on any atom is -0.457 e. The number of epoxide rings is 1. The molecule has 0 spiro atoms. The molecular formula is C24H29ClO10.